The van der Waals surface area contributed by atoms with Crippen LogP contribution in [0.4, 0.5) is 5.82 Å². The second kappa shape index (κ2) is 4.72. The number of anilines is 1. The van der Waals surface area contributed by atoms with Gasteiger partial charge >= 0.3 is 0 Å². The average Bonchev–Trinajstić information content (AvgIpc) is 2.18. The molecule has 0 aliphatic carbocycles. The number of nitrogen functional groups attached to an aromatic ring is 1. The van der Waals surface area contributed by atoms with Crippen LogP contribution in [-0.4, -0.2) is 22.1 Å². The second-order valence-corrected chi connectivity index (χ2v) is 3.85. The molecule has 0 aliphatic heterocycles. The van der Waals surface area contributed by atoms with Gasteiger partial charge in [-0.3, -0.25) is 4.79 Å². The summed E-state index contributed by atoms with van der Waals surface area (Å²) in [6, 6.07) is 3.23. The Morgan fingerprint density at radius 1 is 1.33 bits per heavy atom. The van der Waals surface area contributed by atoms with E-state index in [9.17, 15) is 4.79 Å². The Balaban J connectivity index is 2.65. The van der Waals surface area contributed by atoms with Crippen molar-refractivity contribution in [2.24, 2.45) is 5.92 Å². The Hall–Kier alpha value is -1.65. The first-order valence-electron chi connectivity index (χ1n) is 4.90. The molecule has 0 aliphatic rings. The number of amides is 1. The molecule has 0 saturated heterocycles. The van der Waals surface area contributed by atoms with Crippen LogP contribution >= 0.6 is 0 Å². The van der Waals surface area contributed by atoms with Crippen LogP contribution in [0.5, 0.6) is 0 Å². The summed E-state index contributed by atoms with van der Waals surface area (Å²) in [6.45, 7) is 6.03. The van der Waals surface area contributed by atoms with E-state index < -0.39 is 0 Å². The van der Waals surface area contributed by atoms with Crippen molar-refractivity contribution < 1.29 is 4.79 Å². The molecule has 1 aromatic rings. The van der Waals surface area contributed by atoms with E-state index in [-0.39, 0.29) is 17.6 Å². The van der Waals surface area contributed by atoms with Crippen LogP contribution in [0.25, 0.3) is 0 Å². The molecule has 1 aromatic heterocycles. The number of nitrogens with one attached hydrogen (secondary N) is 1. The summed E-state index contributed by atoms with van der Waals surface area (Å²) in [5.74, 6) is 0.475. The Morgan fingerprint density at radius 3 is 2.47 bits per heavy atom. The number of carbonyl (C=O) groups is 1. The fourth-order valence-electron chi connectivity index (χ4n) is 0.911. The van der Waals surface area contributed by atoms with Crippen molar-refractivity contribution in [3.63, 3.8) is 0 Å². The van der Waals surface area contributed by atoms with Gasteiger partial charge in [-0.15, -0.1) is 10.2 Å². The van der Waals surface area contributed by atoms with E-state index in [0.717, 1.165) is 0 Å². The summed E-state index contributed by atoms with van der Waals surface area (Å²) in [5.41, 5.74) is 5.66. The lowest BCUT2D eigenvalue weighted by molar-refractivity contribution is 0.0924. The standard InChI is InChI=1S/C10H16N4O/c1-6(2)7(3)12-10(15)8-4-5-9(11)14-13-8/h4-7H,1-3H3,(H2,11,14)(H,12,15). The third-order valence-electron chi connectivity index (χ3n) is 2.28. The normalized spacial score (nSPS) is 12.5. The molecule has 1 rings (SSSR count). The molecular weight excluding hydrogens is 192 g/mol. The molecule has 1 atom stereocenters. The van der Waals surface area contributed by atoms with E-state index in [1.54, 1.807) is 12.1 Å². The van der Waals surface area contributed by atoms with Crippen LogP contribution in [0.2, 0.25) is 0 Å². The molecule has 3 N–H and O–H groups in total. The van der Waals surface area contributed by atoms with Crippen LogP contribution in [0.3, 0.4) is 0 Å². The first kappa shape index (κ1) is 11.4. The average molecular weight is 208 g/mol. The highest BCUT2D eigenvalue weighted by Crippen LogP contribution is 2.02. The van der Waals surface area contributed by atoms with Gasteiger partial charge in [-0.05, 0) is 25.0 Å². The van der Waals surface area contributed by atoms with Crippen LogP contribution in [0, 0.1) is 5.92 Å². The molecule has 0 saturated carbocycles. The Labute approximate surface area is 89.1 Å². The first-order valence-corrected chi connectivity index (χ1v) is 4.90. The number of aromatic nitrogens is 2. The Morgan fingerprint density at radius 2 is 2.00 bits per heavy atom. The van der Waals surface area contributed by atoms with Gasteiger partial charge in [-0.1, -0.05) is 13.8 Å². The zero-order valence-electron chi connectivity index (χ0n) is 9.19. The summed E-state index contributed by atoms with van der Waals surface area (Å²) in [7, 11) is 0. The number of nitrogens with zero attached hydrogens (tertiary/aromatic N) is 2. The summed E-state index contributed by atoms with van der Waals surface area (Å²) in [6.07, 6.45) is 0. The third kappa shape index (κ3) is 3.19. The van der Waals surface area contributed by atoms with Crippen LogP contribution in [-0.2, 0) is 0 Å². The molecule has 0 fully saturated rings. The highest BCUT2D eigenvalue weighted by molar-refractivity contribution is 5.92. The van der Waals surface area contributed by atoms with Crippen molar-refractivity contribution in [3.05, 3.63) is 17.8 Å². The van der Waals surface area contributed by atoms with E-state index >= 15 is 0 Å². The number of hydrogen-bond acceptors (Lipinski definition) is 4. The quantitative estimate of drug-likeness (QED) is 0.771. The maximum Gasteiger partial charge on any atom is 0.272 e. The van der Waals surface area contributed by atoms with Crippen molar-refractivity contribution in [2.75, 3.05) is 5.73 Å². The smallest absolute Gasteiger partial charge is 0.272 e. The molecule has 82 valence electrons. The predicted octanol–water partition coefficient (Wildman–Crippen LogP) is 0.833. The van der Waals surface area contributed by atoms with Gasteiger partial charge in [0.05, 0.1) is 0 Å². The van der Waals surface area contributed by atoms with Crippen LogP contribution in [0.1, 0.15) is 31.3 Å². The minimum Gasteiger partial charge on any atom is -0.382 e. The molecule has 0 bridgehead atoms. The third-order valence-corrected chi connectivity index (χ3v) is 2.28. The van der Waals surface area contributed by atoms with Crippen molar-refractivity contribution in [2.45, 2.75) is 26.8 Å². The van der Waals surface area contributed by atoms with E-state index in [1.165, 1.54) is 0 Å². The van der Waals surface area contributed by atoms with Crippen LogP contribution in [0.15, 0.2) is 12.1 Å². The molecule has 15 heavy (non-hydrogen) atoms. The number of hydrogen-bond donors (Lipinski definition) is 2. The van der Waals surface area contributed by atoms with Crippen molar-refractivity contribution >= 4 is 11.7 Å². The summed E-state index contributed by atoms with van der Waals surface area (Å²) < 4.78 is 0. The van der Waals surface area contributed by atoms with E-state index in [2.05, 4.69) is 15.5 Å². The van der Waals surface area contributed by atoms with Gasteiger partial charge in [-0.25, -0.2) is 0 Å². The summed E-state index contributed by atoms with van der Waals surface area (Å²) in [5, 5.41) is 10.2. The molecule has 1 amide bonds. The van der Waals surface area contributed by atoms with Gasteiger partial charge < -0.3 is 11.1 Å². The lowest BCUT2D eigenvalue weighted by atomic mass is 10.1. The van der Waals surface area contributed by atoms with Crippen molar-refractivity contribution in [3.8, 4) is 0 Å². The van der Waals surface area contributed by atoms with Crippen molar-refractivity contribution in [1.82, 2.24) is 15.5 Å². The highest BCUT2D eigenvalue weighted by atomic mass is 16.2. The van der Waals surface area contributed by atoms with E-state index in [1.807, 2.05) is 20.8 Å². The van der Waals surface area contributed by atoms with Gasteiger partial charge in [0.25, 0.3) is 5.91 Å². The SMILES string of the molecule is CC(C)C(C)NC(=O)c1ccc(N)nn1. The zero-order chi connectivity index (χ0) is 11.4. The molecule has 1 heterocycles. The van der Waals surface area contributed by atoms with Gasteiger partial charge in [0, 0.05) is 6.04 Å². The maximum absolute atomic E-state index is 11.6. The molecule has 0 spiro atoms. The number of rotatable bonds is 3. The van der Waals surface area contributed by atoms with Gasteiger partial charge in [0.2, 0.25) is 0 Å². The molecular formula is C10H16N4O. The Bertz CT molecular complexity index is 334. The second-order valence-electron chi connectivity index (χ2n) is 3.85. The minimum absolute atomic E-state index is 0.108. The maximum atomic E-state index is 11.6. The highest BCUT2D eigenvalue weighted by Gasteiger charge is 2.13. The Kier molecular flexibility index (Phi) is 3.60. The molecule has 5 nitrogen and oxygen atoms in total. The lowest BCUT2D eigenvalue weighted by Crippen LogP contribution is -2.36. The van der Waals surface area contributed by atoms with Crippen molar-refractivity contribution in [1.29, 1.82) is 0 Å². The molecule has 0 radical (unpaired) electrons. The predicted molar refractivity (Wildman–Crippen MR) is 58.2 cm³/mol. The fraction of sp³-hybridized carbons (Fsp3) is 0.500. The molecule has 0 aromatic carbocycles. The number of carbonyl (C=O) groups excluding carboxylic acids is 1. The molecule has 1 unspecified atom stereocenters. The number of nitrogens with two attached hydrogens (primary N) is 1. The van der Waals surface area contributed by atoms with E-state index in [0.29, 0.717) is 11.7 Å². The first-order chi connectivity index (χ1) is 7.00. The summed E-state index contributed by atoms with van der Waals surface area (Å²) in [4.78, 5) is 11.6. The van der Waals surface area contributed by atoms with Gasteiger partial charge in [0.15, 0.2) is 5.69 Å². The monoisotopic (exact) mass is 208 g/mol. The van der Waals surface area contributed by atoms with Crippen LogP contribution < -0.4 is 11.1 Å². The minimum atomic E-state index is -0.219. The lowest BCUT2D eigenvalue weighted by Gasteiger charge is -2.16. The largest absolute Gasteiger partial charge is 0.382 e. The van der Waals surface area contributed by atoms with Gasteiger partial charge in [-0.2, -0.15) is 0 Å². The van der Waals surface area contributed by atoms with Gasteiger partial charge in [0.1, 0.15) is 5.82 Å². The fourth-order valence-corrected chi connectivity index (χ4v) is 0.911. The summed E-state index contributed by atoms with van der Waals surface area (Å²) >= 11 is 0. The van der Waals surface area contributed by atoms with E-state index in [4.69, 9.17) is 5.73 Å². The topological polar surface area (TPSA) is 80.9 Å². The zero-order valence-corrected chi connectivity index (χ0v) is 9.19. The molecule has 5 heteroatoms.